The molecule has 3 aromatic rings. The minimum atomic E-state index is -1.03. The van der Waals surface area contributed by atoms with Gasteiger partial charge in [0, 0.05) is 18.7 Å². The largest absolute Gasteiger partial charge is 0.478 e. The summed E-state index contributed by atoms with van der Waals surface area (Å²) in [4.78, 5) is 38.5. The fourth-order valence-electron chi connectivity index (χ4n) is 4.34. The number of fused-ring (bicyclic) bond motifs is 1. The number of carbonyl (C=O) groups is 3. The predicted octanol–water partition coefficient (Wildman–Crippen LogP) is 3.54. The monoisotopic (exact) mass is 443 g/mol. The maximum absolute atomic E-state index is 13.3. The molecule has 0 spiro atoms. The fourth-order valence-corrected chi connectivity index (χ4v) is 4.34. The summed E-state index contributed by atoms with van der Waals surface area (Å²) in [5, 5.41) is 12.4. The first-order valence-corrected chi connectivity index (χ1v) is 10.7. The van der Waals surface area contributed by atoms with Crippen LogP contribution in [-0.2, 0) is 13.0 Å². The van der Waals surface area contributed by atoms with Crippen molar-refractivity contribution in [3.05, 3.63) is 100 Å². The van der Waals surface area contributed by atoms with E-state index in [9.17, 15) is 19.5 Å². The first-order chi connectivity index (χ1) is 15.8. The molecule has 4 rings (SSSR count). The molecule has 1 atom stereocenters. The van der Waals surface area contributed by atoms with Gasteiger partial charge in [-0.05, 0) is 54.3 Å². The Balaban J connectivity index is 1.59. The summed E-state index contributed by atoms with van der Waals surface area (Å²) in [5.41, 5.74) is 9.98. The smallest absolute Gasteiger partial charge is 0.336 e. The standard InChI is InChI=1S/C26H25N3O4/c1-16(20-9-2-3-10-21(20)26(32)33)28-25(31)22-11-5-7-18-12-13-29(23(18)22)15-17-6-4-8-19(14-17)24(27)30/h2-11,14,16H,12-13,15H2,1H3,(H2,27,30)(H,28,31)(H,32,33)/t16-/m0/s1. The number of rotatable bonds is 7. The lowest BCUT2D eigenvalue weighted by molar-refractivity contribution is 0.0693. The summed E-state index contributed by atoms with van der Waals surface area (Å²) in [7, 11) is 0. The number of aromatic carboxylic acids is 1. The zero-order valence-electron chi connectivity index (χ0n) is 18.2. The lowest BCUT2D eigenvalue weighted by atomic mass is 10.0. The Morgan fingerprint density at radius 2 is 1.76 bits per heavy atom. The van der Waals surface area contributed by atoms with Gasteiger partial charge in [0.25, 0.3) is 5.91 Å². The van der Waals surface area contributed by atoms with Crippen LogP contribution in [0.2, 0.25) is 0 Å². The van der Waals surface area contributed by atoms with E-state index in [0.717, 1.165) is 29.8 Å². The number of carbonyl (C=O) groups excluding carboxylic acids is 2. The number of hydrogen-bond acceptors (Lipinski definition) is 4. The van der Waals surface area contributed by atoms with Gasteiger partial charge in [0.2, 0.25) is 5.91 Å². The van der Waals surface area contributed by atoms with E-state index in [1.165, 1.54) is 6.07 Å². The molecule has 0 saturated heterocycles. The van der Waals surface area contributed by atoms with Gasteiger partial charge in [0.1, 0.15) is 0 Å². The topological polar surface area (TPSA) is 113 Å². The predicted molar refractivity (Wildman–Crippen MR) is 125 cm³/mol. The van der Waals surface area contributed by atoms with Crippen molar-refractivity contribution in [3.63, 3.8) is 0 Å². The lowest BCUT2D eigenvalue weighted by Gasteiger charge is -2.23. The molecule has 0 radical (unpaired) electrons. The molecule has 0 aliphatic carbocycles. The SMILES string of the molecule is C[C@H](NC(=O)c1cccc2c1N(Cc1cccc(C(N)=O)c1)CC2)c1ccccc1C(=O)O. The van der Waals surface area contributed by atoms with Crippen molar-refractivity contribution in [1.82, 2.24) is 5.32 Å². The number of benzene rings is 3. The summed E-state index contributed by atoms with van der Waals surface area (Å²) < 4.78 is 0. The van der Waals surface area contributed by atoms with Crippen molar-refractivity contribution in [2.45, 2.75) is 25.9 Å². The van der Waals surface area contributed by atoms with Crippen molar-refractivity contribution < 1.29 is 19.5 Å². The number of amides is 2. The number of primary amides is 1. The Labute approximate surface area is 191 Å². The highest BCUT2D eigenvalue weighted by Gasteiger charge is 2.26. The number of anilines is 1. The van der Waals surface area contributed by atoms with Crippen molar-refractivity contribution in [1.29, 1.82) is 0 Å². The van der Waals surface area contributed by atoms with Gasteiger partial charge in [-0.25, -0.2) is 4.79 Å². The van der Waals surface area contributed by atoms with E-state index in [-0.39, 0.29) is 11.5 Å². The van der Waals surface area contributed by atoms with Crippen molar-refractivity contribution in [3.8, 4) is 0 Å². The van der Waals surface area contributed by atoms with Crippen LogP contribution in [0.4, 0.5) is 5.69 Å². The molecule has 4 N–H and O–H groups in total. The molecule has 7 heteroatoms. The number of para-hydroxylation sites is 1. The average molecular weight is 444 g/mol. The molecular formula is C26H25N3O4. The summed E-state index contributed by atoms with van der Waals surface area (Å²) in [5.74, 6) is -1.77. The Morgan fingerprint density at radius 1 is 1.03 bits per heavy atom. The highest BCUT2D eigenvalue weighted by atomic mass is 16.4. The molecule has 0 aromatic heterocycles. The zero-order valence-corrected chi connectivity index (χ0v) is 18.2. The summed E-state index contributed by atoms with van der Waals surface area (Å²) in [6, 6.07) is 19.0. The second kappa shape index (κ2) is 9.16. The van der Waals surface area contributed by atoms with Crippen LogP contribution in [0.25, 0.3) is 0 Å². The third-order valence-electron chi connectivity index (χ3n) is 5.92. The van der Waals surface area contributed by atoms with Crippen LogP contribution < -0.4 is 16.0 Å². The number of nitrogens with zero attached hydrogens (tertiary/aromatic N) is 1. The van der Waals surface area contributed by atoms with E-state index < -0.39 is 17.9 Å². The minimum Gasteiger partial charge on any atom is -0.478 e. The molecule has 1 aliphatic heterocycles. The van der Waals surface area contributed by atoms with Gasteiger partial charge in [0.05, 0.1) is 22.9 Å². The van der Waals surface area contributed by atoms with E-state index in [0.29, 0.717) is 23.2 Å². The maximum atomic E-state index is 13.3. The molecule has 168 valence electrons. The van der Waals surface area contributed by atoms with Crippen molar-refractivity contribution in [2.24, 2.45) is 5.73 Å². The van der Waals surface area contributed by atoms with Gasteiger partial charge >= 0.3 is 5.97 Å². The van der Waals surface area contributed by atoms with Crippen molar-refractivity contribution >= 4 is 23.5 Å². The van der Waals surface area contributed by atoms with Crippen LogP contribution in [0.1, 0.15) is 60.7 Å². The average Bonchev–Trinajstić information content (AvgIpc) is 3.22. The minimum absolute atomic E-state index is 0.166. The molecule has 0 bridgehead atoms. The Kier molecular flexibility index (Phi) is 6.13. The fraction of sp³-hybridized carbons (Fsp3) is 0.192. The van der Waals surface area contributed by atoms with E-state index in [4.69, 9.17) is 5.73 Å². The summed E-state index contributed by atoms with van der Waals surface area (Å²) in [6.45, 7) is 3.06. The van der Waals surface area contributed by atoms with E-state index in [1.54, 1.807) is 49.4 Å². The maximum Gasteiger partial charge on any atom is 0.336 e. The van der Waals surface area contributed by atoms with Crippen LogP contribution in [-0.4, -0.2) is 29.4 Å². The number of nitrogens with one attached hydrogen (secondary N) is 1. The molecule has 3 aromatic carbocycles. The van der Waals surface area contributed by atoms with Gasteiger partial charge in [0.15, 0.2) is 0 Å². The molecule has 1 aliphatic rings. The molecule has 2 amide bonds. The van der Waals surface area contributed by atoms with E-state index >= 15 is 0 Å². The molecule has 7 nitrogen and oxygen atoms in total. The number of carboxylic acids is 1. The zero-order chi connectivity index (χ0) is 23.5. The van der Waals surface area contributed by atoms with Crippen LogP contribution >= 0.6 is 0 Å². The number of carboxylic acid groups (broad SMARTS) is 1. The van der Waals surface area contributed by atoms with E-state index in [1.807, 2.05) is 18.2 Å². The Bertz CT molecular complexity index is 1240. The van der Waals surface area contributed by atoms with E-state index in [2.05, 4.69) is 10.2 Å². The third kappa shape index (κ3) is 4.57. The Morgan fingerprint density at radius 3 is 2.52 bits per heavy atom. The Hall–Kier alpha value is -4.13. The second-order valence-corrected chi connectivity index (χ2v) is 8.14. The molecule has 0 fully saturated rings. The first-order valence-electron chi connectivity index (χ1n) is 10.7. The van der Waals surface area contributed by atoms with Crippen molar-refractivity contribution in [2.75, 3.05) is 11.4 Å². The van der Waals surface area contributed by atoms with Crippen LogP contribution in [0, 0.1) is 0 Å². The second-order valence-electron chi connectivity index (χ2n) is 8.14. The molecule has 33 heavy (non-hydrogen) atoms. The van der Waals surface area contributed by atoms with Gasteiger partial charge in [-0.1, -0.05) is 42.5 Å². The van der Waals surface area contributed by atoms with Crippen LogP contribution in [0.3, 0.4) is 0 Å². The van der Waals surface area contributed by atoms with Gasteiger partial charge in [-0.2, -0.15) is 0 Å². The highest BCUT2D eigenvalue weighted by Crippen LogP contribution is 2.33. The van der Waals surface area contributed by atoms with Gasteiger partial charge in [-0.3, -0.25) is 9.59 Å². The number of nitrogens with two attached hydrogens (primary N) is 1. The van der Waals surface area contributed by atoms with Crippen LogP contribution in [0.15, 0.2) is 66.7 Å². The highest BCUT2D eigenvalue weighted by molar-refractivity contribution is 6.01. The molecule has 0 unspecified atom stereocenters. The summed E-state index contributed by atoms with van der Waals surface area (Å²) in [6.07, 6.45) is 0.809. The quantitative estimate of drug-likeness (QED) is 0.517. The molecule has 0 saturated carbocycles. The lowest BCUT2D eigenvalue weighted by Crippen LogP contribution is -2.30. The normalized spacial score (nSPS) is 13.3. The number of hydrogen-bond donors (Lipinski definition) is 3. The first kappa shape index (κ1) is 22.1. The van der Waals surface area contributed by atoms with Gasteiger partial charge < -0.3 is 21.1 Å². The molecular weight excluding hydrogens is 418 g/mol. The summed E-state index contributed by atoms with van der Waals surface area (Å²) >= 11 is 0. The van der Waals surface area contributed by atoms with Crippen LogP contribution in [0.5, 0.6) is 0 Å². The van der Waals surface area contributed by atoms with Gasteiger partial charge in [-0.15, -0.1) is 0 Å². The third-order valence-corrected chi connectivity index (χ3v) is 5.92. The molecule has 1 heterocycles.